The molecule has 3 aromatic carbocycles. The predicted molar refractivity (Wildman–Crippen MR) is 120 cm³/mol. The first-order valence-electron chi connectivity index (χ1n) is 8.94. The highest BCUT2D eigenvalue weighted by molar-refractivity contribution is 7.98. The molecule has 0 saturated carbocycles. The highest BCUT2D eigenvalue weighted by atomic mass is 32.2. The number of carbonyl (C=O) groups is 1. The number of benzene rings is 3. The van der Waals surface area contributed by atoms with E-state index >= 15 is 0 Å². The maximum Gasteiger partial charge on any atom is 0.255 e. The van der Waals surface area contributed by atoms with Gasteiger partial charge in [0.1, 0.15) is 0 Å². The molecule has 0 unspecified atom stereocenters. The molecule has 0 atom stereocenters. The standard InChI is InChI=1S/C22H22N2O3S2/c1-28-21-10-6-9-19(15-21)23-22(25)18-11-13-20(14-12-18)24(29(2,26)27)16-17-7-4-3-5-8-17/h3-15H,16H2,1-2H3,(H,23,25). The minimum absolute atomic E-state index is 0.229. The van der Waals surface area contributed by atoms with Crippen molar-refractivity contribution < 1.29 is 13.2 Å². The zero-order chi connectivity index (χ0) is 20.9. The first-order chi connectivity index (χ1) is 13.9. The highest BCUT2D eigenvalue weighted by Crippen LogP contribution is 2.23. The largest absolute Gasteiger partial charge is 0.322 e. The monoisotopic (exact) mass is 426 g/mol. The summed E-state index contributed by atoms with van der Waals surface area (Å²) < 4.78 is 25.9. The molecule has 5 nitrogen and oxygen atoms in total. The van der Waals surface area contributed by atoms with E-state index in [0.717, 1.165) is 10.5 Å². The molecule has 0 aliphatic heterocycles. The maximum atomic E-state index is 12.5. The molecule has 7 heteroatoms. The van der Waals surface area contributed by atoms with Crippen molar-refractivity contribution in [2.75, 3.05) is 22.1 Å². The van der Waals surface area contributed by atoms with Gasteiger partial charge < -0.3 is 5.32 Å². The molecular formula is C22H22N2O3S2. The molecule has 0 fully saturated rings. The summed E-state index contributed by atoms with van der Waals surface area (Å²) in [7, 11) is -3.48. The van der Waals surface area contributed by atoms with Gasteiger partial charge in [-0.3, -0.25) is 9.10 Å². The summed E-state index contributed by atoms with van der Waals surface area (Å²) in [5.74, 6) is -0.247. The third kappa shape index (κ3) is 5.62. The van der Waals surface area contributed by atoms with Crippen LogP contribution in [0.5, 0.6) is 0 Å². The van der Waals surface area contributed by atoms with Gasteiger partial charge in [-0.2, -0.15) is 0 Å². The quantitative estimate of drug-likeness (QED) is 0.560. The van der Waals surface area contributed by atoms with Gasteiger partial charge in [-0.05, 0) is 54.3 Å². The van der Waals surface area contributed by atoms with Gasteiger partial charge in [0.15, 0.2) is 0 Å². The highest BCUT2D eigenvalue weighted by Gasteiger charge is 2.18. The Kier molecular flexibility index (Phi) is 6.61. The lowest BCUT2D eigenvalue weighted by Crippen LogP contribution is -2.29. The lowest BCUT2D eigenvalue weighted by atomic mass is 10.1. The van der Waals surface area contributed by atoms with Crippen LogP contribution in [0.4, 0.5) is 11.4 Å². The molecule has 0 heterocycles. The van der Waals surface area contributed by atoms with Crippen LogP contribution in [0.15, 0.2) is 83.8 Å². The first-order valence-corrected chi connectivity index (χ1v) is 12.0. The number of nitrogens with zero attached hydrogens (tertiary/aromatic N) is 1. The van der Waals surface area contributed by atoms with Gasteiger partial charge in [-0.1, -0.05) is 36.4 Å². The van der Waals surface area contributed by atoms with Gasteiger partial charge in [-0.25, -0.2) is 8.42 Å². The summed E-state index contributed by atoms with van der Waals surface area (Å²) in [4.78, 5) is 13.6. The lowest BCUT2D eigenvalue weighted by molar-refractivity contribution is 0.102. The summed E-state index contributed by atoms with van der Waals surface area (Å²) in [5.41, 5.74) is 2.56. The van der Waals surface area contributed by atoms with E-state index in [1.807, 2.05) is 60.9 Å². The van der Waals surface area contributed by atoms with Gasteiger partial charge >= 0.3 is 0 Å². The maximum absolute atomic E-state index is 12.5. The van der Waals surface area contributed by atoms with E-state index in [1.54, 1.807) is 36.0 Å². The third-order valence-electron chi connectivity index (χ3n) is 4.31. The third-order valence-corrected chi connectivity index (χ3v) is 6.18. The fourth-order valence-electron chi connectivity index (χ4n) is 2.83. The summed E-state index contributed by atoms with van der Waals surface area (Å²) in [6, 6.07) is 23.5. The Morgan fingerprint density at radius 1 is 0.966 bits per heavy atom. The van der Waals surface area contributed by atoms with Gasteiger partial charge in [0.25, 0.3) is 5.91 Å². The van der Waals surface area contributed by atoms with E-state index in [9.17, 15) is 13.2 Å². The molecule has 0 spiro atoms. The normalized spacial score (nSPS) is 11.1. The number of nitrogens with one attached hydrogen (secondary N) is 1. The molecule has 3 aromatic rings. The van der Waals surface area contributed by atoms with Crippen molar-refractivity contribution >= 4 is 39.1 Å². The summed E-state index contributed by atoms with van der Waals surface area (Å²) in [6.07, 6.45) is 3.15. The zero-order valence-corrected chi connectivity index (χ0v) is 17.8. The zero-order valence-electron chi connectivity index (χ0n) is 16.2. The Morgan fingerprint density at radius 3 is 2.28 bits per heavy atom. The molecule has 0 radical (unpaired) electrons. The topological polar surface area (TPSA) is 66.5 Å². The summed E-state index contributed by atoms with van der Waals surface area (Å²) in [6.45, 7) is 0.229. The summed E-state index contributed by atoms with van der Waals surface area (Å²) in [5, 5.41) is 2.87. The SMILES string of the molecule is CSc1cccc(NC(=O)c2ccc(N(Cc3ccccc3)S(C)(=O)=O)cc2)c1. The fourth-order valence-corrected chi connectivity index (χ4v) is 4.18. The average molecular weight is 427 g/mol. The fraction of sp³-hybridized carbons (Fsp3) is 0.136. The Hall–Kier alpha value is -2.77. The molecule has 150 valence electrons. The Balaban J connectivity index is 1.78. The van der Waals surface area contributed by atoms with Crippen LogP contribution in [0.25, 0.3) is 0 Å². The number of thioether (sulfide) groups is 1. The Morgan fingerprint density at radius 2 is 1.66 bits per heavy atom. The minimum atomic E-state index is -3.48. The minimum Gasteiger partial charge on any atom is -0.322 e. The summed E-state index contributed by atoms with van der Waals surface area (Å²) >= 11 is 1.60. The number of hydrogen-bond donors (Lipinski definition) is 1. The van der Waals surface area contributed by atoms with E-state index in [4.69, 9.17) is 0 Å². The van der Waals surface area contributed by atoms with E-state index in [0.29, 0.717) is 16.9 Å². The van der Waals surface area contributed by atoms with Crippen molar-refractivity contribution in [3.05, 3.63) is 90.0 Å². The number of sulfonamides is 1. The van der Waals surface area contributed by atoms with Crippen molar-refractivity contribution in [2.24, 2.45) is 0 Å². The Labute approximate surface area is 175 Å². The van der Waals surface area contributed by atoms with Crippen LogP contribution in [-0.4, -0.2) is 26.8 Å². The molecule has 3 rings (SSSR count). The van der Waals surface area contributed by atoms with Crippen LogP contribution < -0.4 is 9.62 Å². The predicted octanol–water partition coefficient (Wildman–Crippen LogP) is 4.63. The van der Waals surface area contributed by atoms with Crippen LogP contribution in [0, 0.1) is 0 Å². The molecular weight excluding hydrogens is 404 g/mol. The van der Waals surface area contributed by atoms with Crippen LogP contribution >= 0.6 is 11.8 Å². The van der Waals surface area contributed by atoms with E-state index in [1.165, 1.54) is 10.6 Å². The van der Waals surface area contributed by atoms with Crippen molar-refractivity contribution in [1.82, 2.24) is 0 Å². The van der Waals surface area contributed by atoms with Crippen LogP contribution in [0.2, 0.25) is 0 Å². The number of hydrogen-bond acceptors (Lipinski definition) is 4. The van der Waals surface area contributed by atoms with E-state index in [-0.39, 0.29) is 12.5 Å². The Bertz CT molecular complexity index is 1080. The molecule has 1 N–H and O–H groups in total. The molecule has 0 saturated heterocycles. The van der Waals surface area contributed by atoms with Crippen molar-refractivity contribution in [2.45, 2.75) is 11.4 Å². The first kappa shape index (κ1) is 21.0. The van der Waals surface area contributed by atoms with Gasteiger partial charge in [0, 0.05) is 16.1 Å². The molecule has 0 aromatic heterocycles. The molecule has 0 aliphatic carbocycles. The number of anilines is 2. The number of rotatable bonds is 7. The van der Waals surface area contributed by atoms with Gasteiger partial charge in [0.05, 0.1) is 18.5 Å². The van der Waals surface area contributed by atoms with Crippen LogP contribution in [-0.2, 0) is 16.6 Å². The number of carbonyl (C=O) groups excluding carboxylic acids is 1. The average Bonchev–Trinajstić information content (AvgIpc) is 2.72. The second kappa shape index (κ2) is 9.15. The second-order valence-electron chi connectivity index (χ2n) is 6.49. The van der Waals surface area contributed by atoms with Crippen LogP contribution in [0.1, 0.15) is 15.9 Å². The van der Waals surface area contributed by atoms with Gasteiger partial charge in [-0.15, -0.1) is 11.8 Å². The second-order valence-corrected chi connectivity index (χ2v) is 9.27. The smallest absolute Gasteiger partial charge is 0.255 e. The number of amides is 1. The molecule has 29 heavy (non-hydrogen) atoms. The van der Waals surface area contributed by atoms with E-state index in [2.05, 4.69) is 5.32 Å². The van der Waals surface area contributed by atoms with Crippen molar-refractivity contribution in [1.29, 1.82) is 0 Å². The van der Waals surface area contributed by atoms with Crippen molar-refractivity contribution in [3.8, 4) is 0 Å². The van der Waals surface area contributed by atoms with E-state index < -0.39 is 10.0 Å². The van der Waals surface area contributed by atoms with Crippen molar-refractivity contribution in [3.63, 3.8) is 0 Å². The molecule has 0 bridgehead atoms. The molecule has 0 aliphatic rings. The van der Waals surface area contributed by atoms with Gasteiger partial charge in [0.2, 0.25) is 10.0 Å². The van der Waals surface area contributed by atoms with Crippen LogP contribution in [0.3, 0.4) is 0 Å². The lowest BCUT2D eigenvalue weighted by Gasteiger charge is -2.22. The molecule has 1 amide bonds.